The van der Waals surface area contributed by atoms with E-state index in [1.54, 1.807) is 0 Å². The zero-order valence-corrected chi connectivity index (χ0v) is 17.7. The molecule has 2 N–H and O–H groups in total. The Labute approximate surface area is 189 Å². The first-order valence-corrected chi connectivity index (χ1v) is 10.6. The number of rotatable bonds is 7. The van der Waals surface area contributed by atoms with Crippen molar-refractivity contribution in [3.8, 4) is 0 Å². The molecule has 0 aromatic heterocycles. The predicted molar refractivity (Wildman–Crippen MR) is 121 cm³/mol. The highest BCUT2D eigenvalue weighted by atomic mass is 19.4. The molecule has 0 saturated heterocycles. The fraction of sp³-hybridized carbons (Fsp3) is 0.185. The molecule has 0 radical (unpaired) electrons. The maximum atomic E-state index is 13.4. The van der Waals surface area contributed by atoms with Gasteiger partial charge in [-0.25, -0.2) is 4.39 Å². The van der Waals surface area contributed by atoms with E-state index >= 15 is 0 Å². The first-order chi connectivity index (χ1) is 15.8. The Morgan fingerprint density at radius 1 is 0.788 bits per heavy atom. The van der Waals surface area contributed by atoms with Gasteiger partial charge >= 0.3 is 6.18 Å². The van der Waals surface area contributed by atoms with Crippen LogP contribution in [-0.4, -0.2) is 11.1 Å². The van der Waals surface area contributed by atoms with Crippen LogP contribution in [0.3, 0.4) is 0 Å². The average molecular weight is 453 g/mol. The molecule has 4 aromatic carbocycles. The molecule has 6 heteroatoms. The van der Waals surface area contributed by atoms with Crippen molar-refractivity contribution in [3.63, 3.8) is 0 Å². The molecular weight excluding hydrogens is 430 g/mol. The molecular formula is C27H23F4NO. The van der Waals surface area contributed by atoms with E-state index in [4.69, 9.17) is 0 Å². The van der Waals surface area contributed by atoms with Crippen molar-refractivity contribution in [2.45, 2.75) is 31.3 Å². The number of aliphatic hydroxyl groups is 1. The van der Waals surface area contributed by atoms with Gasteiger partial charge in [-0.1, -0.05) is 66.7 Å². The number of hydrogen-bond donors (Lipinski definition) is 2. The van der Waals surface area contributed by atoms with Gasteiger partial charge < -0.3 is 10.4 Å². The Kier molecular flexibility index (Phi) is 6.77. The first-order valence-electron chi connectivity index (χ1n) is 10.6. The Bertz CT molecular complexity index is 1200. The fourth-order valence-corrected chi connectivity index (χ4v) is 3.96. The van der Waals surface area contributed by atoms with Crippen LogP contribution in [0.2, 0.25) is 0 Å². The van der Waals surface area contributed by atoms with E-state index in [-0.39, 0.29) is 0 Å². The quantitative estimate of drug-likeness (QED) is 0.316. The summed E-state index contributed by atoms with van der Waals surface area (Å²) in [5, 5.41) is 16.6. The third-order valence-corrected chi connectivity index (χ3v) is 5.76. The van der Waals surface area contributed by atoms with Gasteiger partial charge in [-0.2, -0.15) is 13.2 Å². The summed E-state index contributed by atoms with van der Waals surface area (Å²) in [6.07, 6.45) is -5.09. The monoisotopic (exact) mass is 453 g/mol. The lowest BCUT2D eigenvalue weighted by Crippen LogP contribution is -2.36. The Morgan fingerprint density at radius 3 is 2.15 bits per heavy atom. The van der Waals surface area contributed by atoms with E-state index in [0.29, 0.717) is 24.1 Å². The zero-order valence-electron chi connectivity index (χ0n) is 17.7. The summed E-state index contributed by atoms with van der Waals surface area (Å²) in [5.41, 5.74) is 1.50. The van der Waals surface area contributed by atoms with E-state index in [2.05, 4.69) is 5.32 Å². The summed E-state index contributed by atoms with van der Waals surface area (Å²) < 4.78 is 52.1. The molecule has 0 amide bonds. The van der Waals surface area contributed by atoms with Gasteiger partial charge in [0.15, 0.2) is 0 Å². The second-order valence-electron chi connectivity index (χ2n) is 8.02. The Morgan fingerprint density at radius 2 is 1.45 bits per heavy atom. The van der Waals surface area contributed by atoms with Crippen LogP contribution in [0.15, 0.2) is 91.0 Å². The van der Waals surface area contributed by atoms with Crippen molar-refractivity contribution in [1.82, 2.24) is 5.32 Å². The van der Waals surface area contributed by atoms with Crippen LogP contribution in [0.4, 0.5) is 17.6 Å². The molecule has 0 saturated carbocycles. The summed E-state index contributed by atoms with van der Waals surface area (Å²) in [6.45, 7) is 0.449. The van der Waals surface area contributed by atoms with Crippen molar-refractivity contribution in [3.05, 3.63) is 119 Å². The molecule has 2 unspecified atom stereocenters. The molecule has 0 spiro atoms. The maximum Gasteiger partial charge on any atom is 0.416 e. The van der Waals surface area contributed by atoms with Crippen molar-refractivity contribution in [1.29, 1.82) is 0 Å². The molecule has 0 aliphatic carbocycles. The second kappa shape index (κ2) is 9.73. The second-order valence-corrected chi connectivity index (χ2v) is 8.02. The number of halogens is 4. The number of fused-ring (bicyclic) bond motifs is 1. The molecule has 0 aliphatic heterocycles. The van der Waals surface area contributed by atoms with E-state index < -0.39 is 29.7 Å². The average Bonchev–Trinajstić information content (AvgIpc) is 2.81. The van der Waals surface area contributed by atoms with Crippen LogP contribution in [0, 0.1) is 5.82 Å². The smallest absolute Gasteiger partial charge is 0.387 e. The van der Waals surface area contributed by atoms with Gasteiger partial charge in [-0.05, 0) is 58.1 Å². The third-order valence-electron chi connectivity index (χ3n) is 5.76. The summed E-state index contributed by atoms with van der Waals surface area (Å²) in [7, 11) is 0. The highest BCUT2D eigenvalue weighted by Crippen LogP contribution is 2.30. The highest BCUT2D eigenvalue weighted by Gasteiger charge is 2.30. The lowest BCUT2D eigenvalue weighted by Gasteiger charge is -2.25. The summed E-state index contributed by atoms with van der Waals surface area (Å²) in [5.74, 6) is -0.408. The number of aliphatic hydroxyl groups excluding tert-OH is 1. The van der Waals surface area contributed by atoms with E-state index in [0.717, 1.165) is 28.5 Å². The van der Waals surface area contributed by atoms with E-state index in [9.17, 15) is 22.7 Å². The largest absolute Gasteiger partial charge is 0.416 e. The van der Waals surface area contributed by atoms with Gasteiger partial charge in [0, 0.05) is 12.6 Å². The minimum atomic E-state index is -4.40. The molecule has 0 bridgehead atoms. The normalized spacial score (nSPS) is 13.7. The molecule has 2 atom stereocenters. The lowest BCUT2D eigenvalue weighted by atomic mass is 9.95. The highest BCUT2D eigenvalue weighted by molar-refractivity contribution is 5.85. The van der Waals surface area contributed by atoms with Crippen LogP contribution in [0.1, 0.15) is 28.4 Å². The van der Waals surface area contributed by atoms with Crippen LogP contribution >= 0.6 is 0 Å². The lowest BCUT2D eigenvalue weighted by molar-refractivity contribution is -0.137. The predicted octanol–water partition coefficient (Wildman–Crippen LogP) is 6.43. The Balaban J connectivity index is 1.58. The van der Waals surface area contributed by atoms with E-state index in [1.165, 1.54) is 36.4 Å². The van der Waals surface area contributed by atoms with Crippen molar-refractivity contribution in [2.75, 3.05) is 0 Å². The molecule has 33 heavy (non-hydrogen) atoms. The first kappa shape index (κ1) is 23.0. The van der Waals surface area contributed by atoms with Crippen molar-refractivity contribution >= 4 is 10.8 Å². The summed E-state index contributed by atoms with van der Waals surface area (Å²) >= 11 is 0. The van der Waals surface area contributed by atoms with Crippen LogP contribution in [0.5, 0.6) is 0 Å². The Hall–Kier alpha value is -3.22. The molecule has 0 heterocycles. The standard InChI is InChI=1S/C27H23F4NO/c28-23-14-10-20(11-15-23)26(33)25(16-18-8-12-22(13-9-18)27(29,30)31)32-17-21-6-3-5-19-4-1-2-7-24(19)21/h1-15,25-26,32-33H,16-17H2. The van der Waals surface area contributed by atoms with Gasteiger partial charge in [0.2, 0.25) is 0 Å². The van der Waals surface area contributed by atoms with Gasteiger partial charge in [-0.15, -0.1) is 0 Å². The van der Waals surface area contributed by atoms with Crippen LogP contribution in [0.25, 0.3) is 10.8 Å². The molecule has 0 aliphatic rings. The molecule has 170 valence electrons. The fourth-order valence-electron chi connectivity index (χ4n) is 3.96. The van der Waals surface area contributed by atoms with Crippen molar-refractivity contribution in [2.24, 2.45) is 0 Å². The minimum absolute atomic E-state index is 0.293. The maximum absolute atomic E-state index is 13.4. The van der Waals surface area contributed by atoms with Crippen LogP contribution < -0.4 is 5.32 Å². The molecule has 0 fully saturated rings. The van der Waals surface area contributed by atoms with Gasteiger partial charge in [0.25, 0.3) is 0 Å². The minimum Gasteiger partial charge on any atom is -0.387 e. The van der Waals surface area contributed by atoms with E-state index in [1.807, 2.05) is 42.5 Å². The summed E-state index contributed by atoms with van der Waals surface area (Å²) in [6, 6.07) is 23.9. The number of hydrogen-bond acceptors (Lipinski definition) is 2. The van der Waals surface area contributed by atoms with Gasteiger partial charge in [0.1, 0.15) is 5.82 Å². The number of benzene rings is 4. The SMILES string of the molecule is OC(c1ccc(F)cc1)C(Cc1ccc(C(F)(F)F)cc1)NCc1cccc2ccccc12. The third kappa shape index (κ3) is 5.59. The zero-order chi connectivity index (χ0) is 23.4. The number of nitrogens with one attached hydrogen (secondary N) is 1. The molecule has 2 nitrogen and oxygen atoms in total. The van der Waals surface area contributed by atoms with Crippen LogP contribution in [-0.2, 0) is 19.1 Å². The van der Waals surface area contributed by atoms with Gasteiger partial charge in [-0.3, -0.25) is 0 Å². The topological polar surface area (TPSA) is 32.3 Å². The summed E-state index contributed by atoms with van der Waals surface area (Å²) in [4.78, 5) is 0. The number of alkyl halides is 3. The molecule has 4 aromatic rings. The molecule has 4 rings (SSSR count). The van der Waals surface area contributed by atoms with Gasteiger partial charge in [0.05, 0.1) is 11.7 Å². The van der Waals surface area contributed by atoms with Crippen molar-refractivity contribution < 1.29 is 22.7 Å².